The first-order valence-electron chi connectivity index (χ1n) is 6.96. The molecule has 3 fully saturated rings. The molecule has 3 aliphatic rings. The van der Waals surface area contributed by atoms with Crippen molar-refractivity contribution in [1.82, 2.24) is 0 Å². The van der Waals surface area contributed by atoms with Crippen LogP contribution in [-0.2, 0) is 28.4 Å². The lowest BCUT2D eigenvalue weighted by Crippen LogP contribution is -2.44. The van der Waals surface area contributed by atoms with Gasteiger partial charge in [0.2, 0.25) is 0 Å². The van der Waals surface area contributed by atoms with Gasteiger partial charge in [-0.1, -0.05) is 0 Å². The minimum Gasteiger partial charge on any atom is -0.358 e. The minimum atomic E-state index is -0.678. The quantitative estimate of drug-likeness (QED) is 0.749. The summed E-state index contributed by atoms with van der Waals surface area (Å²) in [5.41, 5.74) is 5.53. The van der Waals surface area contributed by atoms with Gasteiger partial charge in [-0.3, -0.25) is 0 Å². The molecule has 1 unspecified atom stereocenters. The first-order valence-corrected chi connectivity index (χ1v) is 6.96. The molecule has 20 heavy (non-hydrogen) atoms. The van der Waals surface area contributed by atoms with E-state index in [0.29, 0.717) is 6.61 Å². The van der Waals surface area contributed by atoms with E-state index in [1.807, 2.05) is 27.7 Å². The van der Waals surface area contributed by atoms with Gasteiger partial charge in [0.25, 0.3) is 0 Å². The molecular formula is C13H23NO6. The van der Waals surface area contributed by atoms with Crippen molar-refractivity contribution in [3.8, 4) is 0 Å². The molecule has 2 N–H and O–H groups in total. The monoisotopic (exact) mass is 289 g/mol. The second-order valence-electron chi connectivity index (χ2n) is 6.23. The maximum absolute atomic E-state index is 5.93. The highest BCUT2D eigenvalue weighted by molar-refractivity contribution is 4.98. The van der Waals surface area contributed by atoms with E-state index in [4.69, 9.17) is 34.2 Å². The van der Waals surface area contributed by atoms with Gasteiger partial charge in [0.15, 0.2) is 17.9 Å². The fourth-order valence-corrected chi connectivity index (χ4v) is 2.98. The van der Waals surface area contributed by atoms with Gasteiger partial charge >= 0.3 is 0 Å². The molecule has 0 saturated carbocycles. The van der Waals surface area contributed by atoms with Crippen LogP contribution in [0.2, 0.25) is 0 Å². The van der Waals surface area contributed by atoms with Gasteiger partial charge in [-0.05, 0) is 27.7 Å². The summed E-state index contributed by atoms with van der Waals surface area (Å²) in [4.78, 5) is 0. The van der Waals surface area contributed by atoms with Crippen molar-refractivity contribution in [2.24, 2.45) is 5.73 Å². The van der Waals surface area contributed by atoms with E-state index in [1.54, 1.807) is 0 Å². The summed E-state index contributed by atoms with van der Waals surface area (Å²) in [5, 5.41) is 0. The molecule has 7 nitrogen and oxygen atoms in total. The molecule has 0 aromatic heterocycles. The molecule has 3 saturated heterocycles. The Morgan fingerprint density at radius 1 is 1.05 bits per heavy atom. The Morgan fingerprint density at radius 3 is 2.40 bits per heavy atom. The van der Waals surface area contributed by atoms with Crippen LogP contribution in [0.15, 0.2) is 0 Å². The summed E-state index contributed by atoms with van der Waals surface area (Å²) in [6.07, 6.45) is -1.62. The van der Waals surface area contributed by atoms with Crippen LogP contribution in [0, 0.1) is 0 Å². The van der Waals surface area contributed by atoms with Crippen LogP contribution < -0.4 is 5.73 Å². The van der Waals surface area contributed by atoms with E-state index >= 15 is 0 Å². The maximum Gasteiger partial charge on any atom is 0.190 e. The van der Waals surface area contributed by atoms with Crippen LogP contribution in [0.5, 0.6) is 0 Å². The average Bonchev–Trinajstić information content (AvgIpc) is 2.91. The number of ether oxygens (including phenoxy) is 6. The van der Waals surface area contributed by atoms with E-state index in [-0.39, 0.29) is 31.1 Å². The van der Waals surface area contributed by atoms with Crippen molar-refractivity contribution in [3.63, 3.8) is 0 Å². The number of hydrogen-bond acceptors (Lipinski definition) is 7. The number of hydrogen-bond donors (Lipinski definition) is 1. The molecule has 3 aliphatic heterocycles. The van der Waals surface area contributed by atoms with Crippen LogP contribution in [0.3, 0.4) is 0 Å². The second kappa shape index (κ2) is 4.88. The fourth-order valence-electron chi connectivity index (χ4n) is 2.98. The summed E-state index contributed by atoms with van der Waals surface area (Å²) in [5.74, 6) is -1.29. The Bertz CT molecular complexity index is 374. The number of rotatable bonds is 3. The predicted molar refractivity (Wildman–Crippen MR) is 67.5 cm³/mol. The van der Waals surface area contributed by atoms with Crippen molar-refractivity contribution in [2.75, 3.05) is 13.3 Å². The molecule has 116 valence electrons. The summed E-state index contributed by atoms with van der Waals surface area (Å²) in [6, 6.07) is 0. The highest BCUT2D eigenvalue weighted by Gasteiger charge is 2.58. The lowest BCUT2D eigenvalue weighted by molar-refractivity contribution is -0.235. The molecule has 0 aromatic carbocycles. The molecule has 7 heteroatoms. The van der Waals surface area contributed by atoms with Crippen molar-refractivity contribution in [2.45, 2.75) is 70.0 Å². The van der Waals surface area contributed by atoms with E-state index in [0.717, 1.165) is 0 Å². The van der Waals surface area contributed by atoms with E-state index in [2.05, 4.69) is 0 Å². The van der Waals surface area contributed by atoms with Crippen LogP contribution in [-0.4, -0.2) is 55.6 Å². The molecule has 0 aliphatic carbocycles. The summed E-state index contributed by atoms with van der Waals surface area (Å²) in [6.45, 7) is 7.98. The molecule has 3 heterocycles. The normalized spacial score (nSPS) is 45.8. The smallest absolute Gasteiger partial charge is 0.190 e. The maximum atomic E-state index is 5.93. The molecular weight excluding hydrogens is 266 g/mol. The summed E-state index contributed by atoms with van der Waals surface area (Å²) in [7, 11) is 0. The van der Waals surface area contributed by atoms with Crippen molar-refractivity contribution in [1.29, 1.82) is 0 Å². The number of fused-ring (bicyclic) bond motifs is 1. The lowest BCUT2D eigenvalue weighted by Gasteiger charge is -2.28. The molecule has 0 spiro atoms. The predicted octanol–water partition coefficient (Wildman–Crippen LogP) is 0.316. The topological polar surface area (TPSA) is 81.4 Å². The zero-order chi connectivity index (χ0) is 14.5. The molecule has 0 radical (unpaired) electrons. The Labute approximate surface area is 118 Å². The Balaban J connectivity index is 1.73. The zero-order valence-electron chi connectivity index (χ0n) is 12.3. The van der Waals surface area contributed by atoms with E-state index in [1.165, 1.54) is 0 Å². The van der Waals surface area contributed by atoms with Gasteiger partial charge in [-0.15, -0.1) is 0 Å². The van der Waals surface area contributed by atoms with Gasteiger partial charge in [-0.2, -0.15) is 0 Å². The van der Waals surface area contributed by atoms with Crippen LogP contribution in [0.1, 0.15) is 27.7 Å². The molecule has 5 atom stereocenters. The standard InChI is InChI=1S/C13H23NO6/c1-12(2)16-5-7(18-12)8-9(15-6-14)10-11(17-8)20-13(3,4)19-10/h7-11H,5-6,14H2,1-4H3/t7-,8-,9+,10-,11?/m1/s1. The molecule has 0 amide bonds. The zero-order valence-corrected chi connectivity index (χ0v) is 12.3. The van der Waals surface area contributed by atoms with Crippen LogP contribution in [0.4, 0.5) is 0 Å². The minimum absolute atomic E-state index is 0.0918. The number of nitrogens with two attached hydrogens (primary N) is 1. The fraction of sp³-hybridized carbons (Fsp3) is 1.00. The summed E-state index contributed by atoms with van der Waals surface area (Å²) >= 11 is 0. The van der Waals surface area contributed by atoms with E-state index < -0.39 is 17.9 Å². The van der Waals surface area contributed by atoms with Crippen molar-refractivity contribution in [3.05, 3.63) is 0 Å². The second-order valence-corrected chi connectivity index (χ2v) is 6.23. The third kappa shape index (κ3) is 2.59. The third-order valence-corrected chi connectivity index (χ3v) is 3.71. The SMILES string of the molecule is CC1(C)OC[C@H]([C@H]2OC3OC(C)(C)O[C@@H]3[C@H]2OCN)O1. The largest absolute Gasteiger partial charge is 0.358 e. The summed E-state index contributed by atoms with van der Waals surface area (Å²) < 4.78 is 34.6. The van der Waals surface area contributed by atoms with Crippen LogP contribution >= 0.6 is 0 Å². The molecule has 0 bridgehead atoms. The lowest BCUT2D eigenvalue weighted by atomic mass is 10.1. The Kier molecular flexibility index (Phi) is 3.57. The van der Waals surface area contributed by atoms with Gasteiger partial charge in [-0.25, -0.2) is 0 Å². The van der Waals surface area contributed by atoms with Crippen molar-refractivity contribution >= 4 is 0 Å². The van der Waals surface area contributed by atoms with E-state index in [9.17, 15) is 0 Å². The molecule has 0 aromatic rings. The van der Waals surface area contributed by atoms with Gasteiger partial charge < -0.3 is 34.2 Å². The van der Waals surface area contributed by atoms with Gasteiger partial charge in [0.05, 0.1) is 13.3 Å². The van der Waals surface area contributed by atoms with Gasteiger partial charge in [0, 0.05) is 0 Å². The highest BCUT2D eigenvalue weighted by atomic mass is 16.8. The average molecular weight is 289 g/mol. The van der Waals surface area contributed by atoms with Crippen molar-refractivity contribution < 1.29 is 28.4 Å². The Morgan fingerprint density at radius 2 is 1.80 bits per heavy atom. The first-order chi connectivity index (χ1) is 9.31. The van der Waals surface area contributed by atoms with Crippen LogP contribution in [0.25, 0.3) is 0 Å². The highest BCUT2D eigenvalue weighted by Crippen LogP contribution is 2.41. The third-order valence-electron chi connectivity index (χ3n) is 3.71. The van der Waals surface area contributed by atoms with Gasteiger partial charge in [0.1, 0.15) is 24.4 Å². The Hall–Kier alpha value is -0.280. The molecule has 3 rings (SSSR count). The first kappa shape index (κ1) is 14.6.